The predicted octanol–water partition coefficient (Wildman–Crippen LogP) is 3.71. The molecule has 0 radical (unpaired) electrons. The van der Waals surface area contributed by atoms with Crippen LogP contribution in [-0.4, -0.2) is 44.6 Å². The first-order chi connectivity index (χ1) is 13.9. The number of carbonyl (C=O) groups is 1. The van der Waals surface area contributed by atoms with Crippen molar-refractivity contribution in [3.8, 4) is 0 Å². The minimum Gasteiger partial charge on any atom is -0.341 e. The maximum Gasteiger partial charge on any atom is 0.246 e. The Kier molecular flexibility index (Phi) is 6.96. The van der Waals surface area contributed by atoms with Gasteiger partial charge in [-0.1, -0.05) is 55.5 Å². The second-order valence-electron chi connectivity index (χ2n) is 7.78. The lowest BCUT2D eigenvalue weighted by atomic mass is 9.90. The Morgan fingerprint density at radius 1 is 1.03 bits per heavy atom. The first-order valence-corrected chi connectivity index (χ1v) is 12.1. The van der Waals surface area contributed by atoms with Crippen LogP contribution in [0.1, 0.15) is 31.7 Å². The maximum atomic E-state index is 13.3. The van der Waals surface area contributed by atoms with Crippen LogP contribution in [0, 0.1) is 5.92 Å². The normalized spacial score (nSPS) is 16.4. The van der Waals surface area contributed by atoms with Gasteiger partial charge in [-0.15, -0.1) is 0 Å². The molecule has 0 aromatic heterocycles. The minimum absolute atomic E-state index is 0.0973. The van der Waals surface area contributed by atoms with Gasteiger partial charge in [-0.05, 0) is 49.3 Å². The number of para-hydroxylation sites is 1. The zero-order valence-corrected chi connectivity index (χ0v) is 18.0. The first kappa shape index (κ1) is 21.4. The van der Waals surface area contributed by atoms with Crippen molar-refractivity contribution in [3.05, 3.63) is 66.2 Å². The van der Waals surface area contributed by atoms with Crippen LogP contribution in [-0.2, 0) is 21.2 Å². The van der Waals surface area contributed by atoms with E-state index in [2.05, 4.69) is 24.3 Å². The summed E-state index contributed by atoms with van der Waals surface area (Å²) in [6, 6.07) is 18.6. The topological polar surface area (TPSA) is 57.7 Å². The third kappa shape index (κ3) is 5.38. The molecule has 5 nitrogen and oxygen atoms in total. The van der Waals surface area contributed by atoms with Crippen molar-refractivity contribution < 1.29 is 13.2 Å². The highest BCUT2D eigenvalue weighted by Crippen LogP contribution is 2.26. The number of sulfonamides is 1. The highest BCUT2D eigenvalue weighted by molar-refractivity contribution is 7.92. The fraction of sp³-hybridized carbons (Fsp3) is 0.435. The predicted molar refractivity (Wildman–Crippen MR) is 117 cm³/mol. The molecule has 0 spiro atoms. The second kappa shape index (κ2) is 9.44. The van der Waals surface area contributed by atoms with Crippen molar-refractivity contribution in [2.24, 2.45) is 5.92 Å². The average molecular weight is 415 g/mol. The fourth-order valence-electron chi connectivity index (χ4n) is 4.13. The number of carbonyl (C=O) groups excluding carboxylic acids is 1. The molecule has 156 valence electrons. The summed E-state index contributed by atoms with van der Waals surface area (Å²) in [6.07, 6.45) is 4.52. The molecule has 1 aliphatic heterocycles. The Morgan fingerprint density at radius 3 is 2.10 bits per heavy atom. The summed E-state index contributed by atoms with van der Waals surface area (Å²) >= 11 is 0. The van der Waals surface area contributed by atoms with Gasteiger partial charge in [0.25, 0.3) is 0 Å². The number of likely N-dealkylation sites (tertiary alicyclic amines) is 1. The second-order valence-corrected chi connectivity index (χ2v) is 9.64. The molecule has 1 fully saturated rings. The molecule has 1 heterocycles. The van der Waals surface area contributed by atoms with E-state index in [0.29, 0.717) is 31.1 Å². The quantitative estimate of drug-likeness (QED) is 0.694. The molecule has 6 heteroatoms. The van der Waals surface area contributed by atoms with E-state index in [-0.39, 0.29) is 5.91 Å². The molecular formula is C23H30N2O3S. The van der Waals surface area contributed by atoms with Gasteiger partial charge in [0.1, 0.15) is 6.04 Å². The molecular weight excluding hydrogens is 384 g/mol. The van der Waals surface area contributed by atoms with Crippen molar-refractivity contribution in [2.75, 3.05) is 23.7 Å². The minimum atomic E-state index is -3.58. The van der Waals surface area contributed by atoms with Crippen molar-refractivity contribution in [2.45, 2.75) is 38.6 Å². The fourth-order valence-corrected chi connectivity index (χ4v) is 5.34. The smallest absolute Gasteiger partial charge is 0.246 e. The van der Waals surface area contributed by atoms with Gasteiger partial charge in [0.15, 0.2) is 0 Å². The number of hydrogen-bond donors (Lipinski definition) is 0. The SMILES string of the molecule is CCC(C(=O)N1CCC(Cc2ccccc2)CC1)N(c1ccccc1)S(C)(=O)=O. The van der Waals surface area contributed by atoms with Crippen LogP contribution >= 0.6 is 0 Å². The molecule has 1 aliphatic rings. The summed E-state index contributed by atoms with van der Waals surface area (Å²) < 4.78 is 26.3. The van der Waals surface area contributed by atoms with E-state index >= 15 is 0 Å². The van der Waals surface area contributed by atoms with E-state index in [1.54, 1.807) is 24.3 Å². The Morgan fingerprint density at radius 2 is 1.59 bits per heavy atom. The zero-order chi connectivity index (χ0) is 20.9. The van der Waals surface area contributed by atoms with Gasteiger partial charge in [0.05, 0.1) is 11.9 Å². The van der Waals surface area contributed by atoms with E-state index < -0.39 is 16.1 Å². The number of hydrogen-bond acceptors (Lipinski definition) is 3. The van der Waals surface area contributed by atoms with Crippen LogP contribution in [0.15, 0.2) is 60.7 Å². The standard InChI is InChI=1S/C23H30N2O3S/c1-3-22(25(29(2,27)28)21-12-8-5-9-13-21)23(26)24-16-14-20(15-17-24)18-19-10-6-4-7-11-19/h4-13,20,22H,3,14-18H2,1-2H3. The average Bonchev–Trinajstić information content (AvgIpc) is 2.72. The zero-order valence-electron chi connectivity index (χ0n) is 17.2. The van der Waals surface area contributed by atoms with Gasteiger partial charge in [0.2, 0.25) is 15.9 Å². The Labute approximate surface area is 174 Å². The van der Waals surface area contributed by atoms with E-state index in [4.69, 9.17) is 0 Å². The monoisotopic (exact) mass is 414 g/mol. The van der Waals surface area contributed by atoms with E-state index in [9.17, 15) is 13.2 Å². The van der Waals surface area contributed by atoms with E-state index in [0.717, 1.165) is 19.3 Å². The molecule has 0 bridgehead atoms. The number of piperidine rings is 1. The van der Waals surface area contributed by atoms with Gasteiger partial charge >= 0.3 is 0 Å². The number of nitrogens with zero attached hydrogens (tertiary/aromatic N) is 2. The Hall–Kier alpha value is -2.34. The number of anilines is 1. The lowest BCUT2D eigenvalue weighted by molar-refractivity contribution is -0.133. The summed E-state index contributed by atoms with van der Waals surface area (Å²) in [5.41, 5.74) is 1.87. The number of benzene rings is 2. The van der Waals surface area contributed by atoms with Gasteiger partial charge in [0, 0.05) is 13.1 Å². The van der Waals surface area contributed by atoms with Crippen LogP contribution in [0.3, 0.4) is 0 Å². The summed E-state index contributed by atoms with van der Waals surface area (Å²) in [6.45, 7) is 3.23. The number of amides is 1. The third-order valence-electron chi connectivity index (χ3n) is 5.62. The molecule has 1 amide bonds. The van der Waals surface area contributed by atoms with E-state index in [1.165, 1.54) is 16.1 Å². The highest BCUT2D eigenvalue weighted by atomic mass is 32.2. The highest BCUT2D eigenvalue weighted by Gasteiger charge is 2.35. The van der Waals surface area contributed by atoms with Crippen LogP contribution in [0.5, 0.6) is 0 Å². The molecule has 1 saturated heterocycles. The molecule has 2 aromatic carbocycles. The van der Waals surface area contributed by atoms with Crippen LogP contribution in [0.25, 0.3) is 0 Å². The van der Waals surface area contributed by atoms with E-state index in [1.807, 2.05) is 24.0 Å². The Bertz CT molecular complexity index is 892. The molecule has 3 rings (SSSR count). The molecule has 1 atom stereocenters. The van der Waals surface area contributed by atoms with Gasteiger partial charge in [-0.2, -0.15) is 0 Å². The summed E-state index contributed by atoms with van der Waals surface area (Å²) in [7, 11) is -3.58. The molecule has 29 heavy (non-hydrogen) atoms. The third-order valence-corrected chi connectivity index (χ3v) is 6.80. The largest absolute Gasteiger partial charge is 0.341 e. The van der Waals surface area contributed by atoms with Gasteiger partial charge in [-0.3, -0.25) is 9.10 Å². The van der Waals surface area contributed by atoms with Crippen molar-refractivity contribution in [3.63, 3.8) is 0 Å². The maximum absolute atomic E-state index is 13.3. The summed E-state index contributed by atoms with van der Waals surface area (Å²) in [5.74, 6) is 0.460. The van der Waals surface area contributed by atoms with Crippen LogP contribution in [0.2, 0.25) is 0 Å². The summed E-state index contributed by atoms with van der Waals surface area (Å²) in [4.78, 5) is 15.1. The molecule has 2 aromatic rings. The van der Waals surface area contributed by atoms with Gasteiger partial charge < -0.3 is 4.90 Å². The summed E-state index contributed by atoms with van der Waals surface area (Å²) in [5, 5.41) is 0. The van der Waals surface area contributed by atoms with Crippen LogP contribution < -0.4 is 4.31 Å². The van der Waals surface area contributed by atoms with Crippen molar-refractivity contribution in [1.82, 2.24) is 4.90 Å². The van der Waals surface area contributed by atoms with Crippen molar-refractivity contribution in [1.29, 1.82) is 0 Å². The molecule has 0 saturated carbocycles. The molecule has 0 N–H and O–H groups in total. The van der Waals surface area contributed by atoms with Crippen molar-refractivity contribution >= 4 is 21.6 Å². The lowest BCUT2D eigenvalue weighted by Gasteiger charge is -2.37. The molecule has 0 aliphatic carbocycles. The Balaban J connectivity index is 1.69. The van der Waals surface area contributed by atoms with Crippen LogP contribution in [0.4, 0.5) is 5.69 Å². The lowest BCUT2D eigenvalue weighted by Crippen LogP contribution is -2.52. The van der Waals surface area contributed by atoms with Gasteiger partial charge in [-0.25, -0.2) is 8.42 Å². The first-order valence-electron chi connectivity index (χ1n) is 10.3. The number of rotatable bonds is 7. The molecule has 1 unspecified atom stereocenters.